The summed E-state index contributed by atoms with van der Waals surface area (Å²) < 4.78 is 26.5. The molecule has 3 rings (SSSR count). The van der Waals surface area contributed by atoms with Crippen LogP contribution in [-0.4, -0.2) is 35.5 Å². The number of ether oxygens (including phenoxy) is 1. The van der Waals surface area contributed by atoms with Crippen LogP contribution >= 0.6 is 7.52 Å². The lowest BCUT2D eigenvalue weighted by Gasteiger charge is -2.39. The maximum Gasteiger partial charge on any atom is 0.303 e. The highest BCUT2D eigenvalue weighted by Crippen LogP contribution is 2.53. The van der Waals surface area contributed by atoms with E-state index in [2.05, 4.69) is 0 Å². The highest BCUT2D eigenvalue weighted by Gasteiger charge is 2.44. The van der Waals surface area contributed by atoms with Gasteiger partial charge < -0.3 is 9.26 Å². The number of hydrogen-bond donors (Lipinski definition) is 2. The number of carbonyl (C=O) groups excluding carboxylic acids is 1. The summed E-state index contributed by atoms with van der Waals surface area (Å²) in [6.45, 7) is 2.25. The molecule has 2 aromatic carbocycles. The Balaban J connectivity index is 2.07. The molecule has 2 aromatic rings. The second kappa shape index (κ2) is 8.23. The molecule has 1 aliphatic rings. The Morgan fingerprint density at radius 2 is 1.89 bits per heavy atom. The van der Waals surface area contributed by atoms with Crippen molar-refractivity contribution in [3.8, 4) is 5.75 Å². The fraction of sp³-hybridized carbons (Fsp3) is 0.316. The van der Waals surface area contributed by atoms with Gasteiger partial charge in [0.15, 0.2) is 0 Å². The van der Waals surface area contributed by atoms with Crippen LogP contribution in [0.5, 0.6) is 5.75 Å². The third-order valence-corrected chi connectivity index (χ3v) is 7.33. The topological polar surface area (TPSA) is 88.1 Å². The van der Waals surface area contributed by atoms with E-state index in [0.717, 1.165) is 11.1 Å². The van der Waals surface area contributed by atoms with Gasteiger partial charge in [0.2, 0.25) is 0 Å². The monoisotopic (exact) mass is 390 g/mol. The third kappa shape index (κ3) is 3.77. The average molecular weight is 390 g/mol. The van der Waals surface area contributed by atoms with Crippen LogP contribution in [0.3, 0.4) is 0 Å². The minimum absolute atomic E-state index is 0.217. The highest BCUT2D eigenvalue weighted by molar-refractivity contribution is 7.64. The van der Waals surface area contributed by atoms with Gasteiger partial charge in [-0.2, -0.15) is 0 Å². The molecular weight excluding hydrogens is 367 g/mol. The number of nitrogens with one attached hydrogen (secondary N) is 1. The number of amides is 1. The van der Waals surface area contributed by atoms with E-state index in [1.807, 2.05) is 24.3 Å². The first-order valence-electron chi connectivity index (χ1n) is 8.70. The molecule has 0 fully saturated rings. The van der Waals surface area contributed by atoms with E-state index in [1.54, 1.807) is 48.4 Å². The van der Waals surface area contributed by atoms with Crippen molar-refractivity contribution in [2.75, 3.05) is 13.7 Å². The maximum atomic E-state index is 14.0. The largest absolute Gasteiger partial charge is 0.497 e. The van der Waals surface area contributed by atoms with Crippen molar-refractivity contribution in [1.82, 2.24) is 10.2 Å². The van der Waals surface area contributed by atoms with E-state index >= 15 is 0 Å². The Morgan fingerprint density at radius 1 is 1.22 bits per heavy atom. The second-order valence-corrected chi connectivity index (χ2v) is 8.53. The molecule has 1 amide bonds. The predicted octanol–water partition coefficient (Wildman–Crippen LogP) is 2.48. The number of fused-ring (bicyclic) bond motifs is 1. The van der Waals surface area contributed by atoms with Crippen molar-refractivity contribution in [2.24, 2.45) is 0 Å². The van der Waals surface area contributed by atoms with Crippen LogP contribution in [0.2, 0.25) is 0 Å². The van der Waals surface area contributed by atoms with Gasteiger partial charge in [-0.25, -0.2) is 10.2 Å². The number of carbonyl (C=O) groups is 1. The molecule has 0 saturated heterocycles. The number of nitrogens with zero attached hydrogens (tertiary/aromatic N) is 1. The highest BCUT2D eigenvalue weighted by atomic mass is 31.2. The molecule has 0 radical (unpaired) electrons. The molecule has 1 heterocycles. The fourth-order valence-electron chi connectivity index (χ4n) is 3.33. The van der Waals surface area contributed by atoms with Gasteiger partial charge in [0.1, 0.15) is 11.8 Å². The fourth-order valence-corrected chi connectivity index (χ4v) is 5.69. The van der Waals surface area contributed by atoms with Crippen LogP contribution in [0.25, 0.3) is 0 Å². The summed E-state index contributed by atoms with van der Waals surface area (Å²) in [6, 6.07) is 13.6. The minimum Gasteiger partial charge on any atom is -0.497 e. The molecule has 7 nitrogen and oxygen atoms in total. The molecule has 8 heteroatoms. The van der Waals surface area contributed by atoms with Gasteiger partial charge in [0, 0.05) is 6.54 Å². The normalized spacial score (nSPS) is 19.0. The summed E-state index contributed by atoms with van der Waals surface area (Å²) in [7, 11) is -1.99. The van der Waals surface area contributed by atoms with Gasteiger partial charge in [-0.15, -0.1) is 0 Å². The number of hydroxylamine groups is 1. The molecule has 0 aromatic heterocycles. The second-order valence-electron chi connectivity index (χ2n) is 6.20. The molecule has 27 heavy (non-hydrogen) atoms. The van der Waals surface area contributed by atoms with E-state index in [1.165, 1.54) is 0 Å². The Hall–Kier alpha value is -2.18. The predicted molar refractivity (Wildman–Crippen MR) is 101 cm³/mol. The van der Waals surface area contributed by atoms with Gasteiger partial charge in [-0.3, -0.25) is 14.6 Å². The molecule has 2 atom stereocenters. The summed E-state index contributed by atoms with van der Waals surface area (Å²) in [5.41, 5.74) is 3.67. The number of benzene rings is 2. The molecular formula is C19H23N2O5P. The number of methoxy groups -OCH3 is 1. The van der Waals surface area contributed by atoms with Gasteiger partial charge in [0.25, 0.3) is 5.91 Å². The molecule has 0 bridgehead atoms. The van der Waals surface area contributed by atoms with Crippen LogP contribution in [0.4, 0.5) is 0 Å². The molecule has 0 unspecified atom stereocenters. The lowest BCUT2D eigenvalue weighted by molar-refractivity contribution is -0.133. The Kier molecular flexibility index (Phi) is 5.97. The van der Waals surface area contributed by atoms with Crippen LogP contribution in [0.15, 0.2) is 48.5 Å². The standard InChI is InChI=1S/C19H23N2O5P/c1-3-26-27(24,17-10-8-16(25-2)9-11-17)21-13-15-7-5-4-6-14(15)12-18(21)19(22)20-23/h4-11,18,23H,3,12-13H2,1-2H3,(H,20,22)/t18-,27+/m0/s1. The first-order chi connectivity index (χ1) is 13.0. The van der Waals surface area contributed by atoms with Crippen molar-refractivity contribution in [2.45, 2.75) is 25.9 Å². The molecule has 144 valence electrons. The number of hydrogen-bond acceptors (Lipinski definition) is 5. The summed E-state index contributed by atoms with van der Waals surface area (Å²) in [4.78, 5) is 12.4. The van der Waals surface area contributed by atoms with Crippen molar-refractivity contribution in [1.29, 1.82) is 0 Å². The zero-order valence-electron chi connectivity index (χ0n) is 15.3. The quantitative estimate of drug-likeness (QED) is 0.448. The summed E-state index contributed by atoms with van der Waals surface area (Å²) in [5, 5.41) is 9.69. The van der Waals surface area contributed by atoms with Crippen LogP contribution in [0.1, 0.15) is 18.1 Å². The zero-order chi connectivity index (χ0) is 19.4. The Bertz CT molecular complexity index is 855. The van der Waals surface area contributed by atoms with Gasteiger partial charge in [-0.05, 0) is 48.7 Å². The molecule has 0 saturated carbocycles. The van der Waals surface area contributed by atoms with Gasteiger partial charge in [0.05, 0.1) is 19.0 Å². The SMILES string of the molecule is CCO[P@](=O)(c1ccc(OC)cc1)N1Cc2ccccc2C[C@H]1C(=O)NO. The van der Waals surface area contributed by atoms with Gasteiger partial charge in [-0.1, -0.05) is 24.3 Å². The smallest absolute Gasteiger partial charge is 0.303 e. The van der Waals surface area contributed by atoms with E-state index in [-0.39, 0.29) is 13.2 Å². The van der Waals surface area contributed by atoms with Crippen LogP contribution < -0.4 is 15.5 Å². The number of rotatable bonds is 6. The maximum absolute atomic E-state index is 14.0. The molecule has 2 N–H and O–H groups in total. The van der Waals surface area contributed by atoms with E-state index in [9.17, 15) is 14.6 Å². The van der Waals surface area contributed by atoms with Crippen molar-refractivity contribution in [3.05, 3.63) is 59.7 Å². The summed E-state index contributed by atoms with van der Waals surface area (Å²) in [6.07, 6.45) is 0.329. The summed E-state index contributed by atoms with van der Waals surface area (Å²) in [5.74, 6) is 0.0217. The van der Waals surface area contributed by atoms with E-state index < -0.39 is 19.5 Å². The van der Waals surface area contributed by atoms with E-state index in [4.69, 9.17) is 9.26 Å². The third-order valence-electron chi connectivity index (χ3n) is 4.68. The van der Waals surface area contributed by atoms with Crippen molar-refractivity contribution >= 4 is 18.7 Å². The average Bonchev–Trinajstić information content (AvgIpc) is 2.72. The van der Waals surface area contributed by atoms with Crippen LogP contribution in [0, 0.1) is 0 Å². The lowest BCUT2D eigenvalue weighted by Crippen LogP contribution is -2.49. The zero-order valence-corrected chi connectivity index (χ0v) is 16.2. The van der Waals surface area contributed by atoms with Crippen molar-refractivity contribution < 1.29 is 23.8 Å². The molecule has 1 aliphatic heterocycles. The van der Waals surface area contributed by atoms with Crippen LogP contribution in [-0.2, 0) is 26.8 Å². The van der Waals surface area contributed by atoms with Gasteiger partial charge >= 0.3 is 7.52 Å². The minimum atomic E-state index is -3.55. The Morgan fingerprint density at radius 3 is 2.48 bits per heavy atom. The first kappa shape index (κ1) is 19.6. The van der Waals surface area contributed by atoms with Crippen molar-refractivity contribution in [3.63, 3.8) is 0 Å². The molecule has 0 spiro atoms. The molecule has 0 aliphatic carbocycles. The summed E-state index contributed by atoms with van der Waals surface area (Å²) >= 11 is 0. The Labute approximate surface area is 158 Å². The lowest BCUT2D eigenvalue weighted by atomic mass is 9.95. The first-order valence-corrected chi connectivity index (χ1v) is 10.3. The van der Waals surface area contributed by atoms with E-state index in [0.29, 0.717) is 17.5 Å².